The van der Waals surface area contributed by atoms with Crippen LogP contribution in [0.1, 0.15) is 18.6 Å². The fourth-order valence-electron chi connectivity index (χ4n) is 2.02. The average Bonchev–Trinajstić information content (AvgIpc) is 2.32. The minimum Gasteiger partial charge on any atom is -0.378 e. The molecular formula is C13H18N2O2. The Hall–Kier alpha value is -1.39. The van der Waals surface area contributed by atoms with Crippen LogP contribution in [0.25, 0.3) is 0 Å². The summed E-state index contributed by atoms with van der Waals surface area (Å²) in [7, 11) is 0. The molecule has 1 aromatic rings. The van der Waals surface area contributed by atoms with E-state index in [-0.39, 0.29) is 11.9 Å². The summed E-state index contributed by atoms with van der Waals surface area (Å²) >= 11 is 0. The van der Waals surface area contributed by atoms with Crippen LogP contribution in [0, 0.1) is 0 Å². The van der Waals surface area contributed by atoms with E-state index in [2.05, 4.69) is 5.32 Å². The molecule has 1 fully saturated rings. The van der Waals surface area contributed by atoms with Gasteiger partial charge in [0.05, 0.1) is 6.04 Å². The first-order chi connectivity index (χ1) is 8.24. The Morgan fingerprint density at radius 1 is 1.47 bits per heavy atom. The van der Waals surface area contributed by atoms with Gasteiger partial charge in [-0.2, -0.15) is 0 Å². The number of benzene rings is 1. The molecule has 1 aliphatic heterocycles. The SMILES string of the molecule is CCN(C(=O)C(O)c1ccccc1)C1CNC1. The van der Waals surface area contributed by atoms with Gasteiger partial charge in [0.2, 0.25) is 0 Å². The first-order valence-electron chi connectivity index (χ1n) is 5.98. The highest BCUT2D eigenvalue weighted by atomic mass is 16.3. The van der Waals surface area contributed by atoms with Crippen LogP contribution in [-0.4, -0.2) is 41.6 Å². The van der Waals surface area contributed by atoms with E-state index in [4.69, 9.17) is 0 Å². The van der Waals surface area contributed by atoms with Crippen molar-refractivity contribution in [1.29, 1.82) is 0 Å². The van der Waals surface area contributed by atoms with Crippen LogP contribution in [0.2, 0.25) is 0 Å². The van der Waals surface area contributed by atoms with E-state index in [9.17, 15) is 9.90 Å². The molecule has 4 nitrogen and oxygen atoms in total. The molecule has 0 spiro atoms. The second-order valence-electron chi connectivity index (χ2n) is 4.25. The predicted molar refractivity (Wildman–Crippen MR) is 65.4 cm³/mol. The molecule has 4 heteroatoms. The Morgan fingerprint density at radius 2 is 2.12 bits per heavy atom. The van der Waals surface area contributed by atoms with E-state index in [1.54, 1.807) is 17.0 Å². The molecule has 0 saturated carbocycles. The van der Waals surface area contributed by atoms with Crippen molar-refractivity contribution in [3.8, 4) is 0 Å². The Morgan fingerprint density at radius 3 is 2.59 bits per heavy atom. The van der Waals surface area contributed by atoms with Crippen LogP contribution in [0.3, 0.4) is 0 Å². The van der Waals surface area contributed by atoms with E-state index in [1.165, 1.54) is 0 Å². The third-order valence-corrected chi connectivity index (χ3v) is 3.17. The first-order valence-corrected chi connectivity index (χ1v) is 5.98. The second-order valence-corrected chi connectivity index (χ2v) is 4.25. The number of carbonyl (C=O) groups excluding carboxylic acids is 1. The van der Waals surface area contributed by atoms with E-state index < -0.39 is 6.10 Å². The third-order valence-electron chi connectivity index (χ3n) is 3.17. The number of amides is 1. The third kappa shape index (κ3) is 2.48. The highest BCUT2D eigenvalue weighted by molar-refractivity contribution is 5.82. The van der Waals surface area contributed by atoms with Gasteiger partial charge in [-0.1, -0.05) is 30.3 Å². The number of hydrogen-bond donors (Lipinski definition) is 2. The lowest BCUT2D eigenvalue weighted by atomic mass is 10.1. The van der Waals surface area contributed by atoms with Crippen molar-refractivity contribution in [3.05, 3.63) is 35.9 Å². The van der Waals surface area contributed by atoms with Crippen LogP contribution in [-0.2, 0) is 4.79 Å². The minimum atomic E-state index is -1.04. The van der Waals surface area contributed by atoms with Crippen molar-refractivity contribution in [1.82, 2.24) is 10.2 Å². The van der Waals surface area contributed by atoms with Crippen molar-refractivity contribution >= 4 is 5.91 Å². The van der Waals surface area contributed by atoms with Crippen LogP contribution in [0.5, 0.6) is 0 Å². The zero-order valence-electron chi connectivity index (χ0n) is 9.97. The molecule has 1 aliphatic rings. The van der Waals surface area contributed by atoms with Crippen molar-refractivity contribution in [2.24, 2.45) is 0 Å². The zero-order chi connectivity index (χ0) is 12.3. The predicted octanol–water partition coefficient (Wildman–Crippen LogP) is 0.540. The lowest BCUT2D eigenvalue weighted by Gasteiger charge is -2.38. The molecule has 92 valence electrons. The van der Waals surface area contributed by atoms with Gasteiger partial charge in [-0.15, -0.1) is 0 Å². The lowest BCUT2D eigenvalue weighted by Crippen LogP contribution is -2.59. The summed E-state index contributed by atoms with van der Waals surface area (Å²) in [5, 5.41) is 13.2. The number of rotatable bonds is 4. The number of carbonyl (C=O) groups is 1. The number of nitrogens with one attached hydrogen (secondary N) is 1. The molecule has 1 atom stereocenters. The summed E-state index contributed by atoms with van der Waals surface area (Å²) in [6.45, 7) is 4.21. The summed E-state index contributed by atoms with van der Waals surface area (Å²) in [5.74, 6) is -0.204. The van der Waals surface area contributed by atoms with Gasteiger partial charge in [0.25, 0.3) is 5.91 Å². The number of aliphatic hydroxyl groups is 1. The van der Waals surface area contributed by atoms with Gasteiger partial charge in [0.1, 0.15) is 0 Å². The molecule has 1 aromatic carbocycles. The molecule has 0 bridgehead atoms. The van der Waals surface area contributed by atoms with Crippen LogP contribution in [0.4, 0.5) is 0 Å². The maximum absolute atomic E-state index is 12.2. The van der Waals surface area contributed by atoms with E-state index in [1.807, 2.05) is 25.1 Å². The molecule has 17 heavy (non-hydrogen) atoms. The lowest BCUT2D eigenvalue weighted by molar-refractivity contribution is -0.143. The van der Waals surface area contributed by atoms with Crippen molar-refractivity contribution < 1.29 is 9.90 Å². The quantitative estimate of drug-likeness (QED) is 0.799. The van der Waals surface area contributed by atoms with Crippen LogP contribution >= 0.6 is 0 Å². The zero-order valence-corrected chi connectivity index (χ0v) is 9.97. The Balaban J connectivity index is 2.07. The summed E-state index contributed by atoms with van der Waals surface area (Å²) in [6.07, 6.45) is -1.04. The summed E-state index contributed by atoms with van der Waals surface area (Å²) in [4.78, 5) is 13.9. The molecule has 1 heterocycles. The summed E-state index contributed by atoms with van der Waals surface area (Å²) in [5.41, 5.74) is 0.656. The number of nitrogens with zero attached hydrogens (tertiary/aromatic N) is 1. The van der Waals surface area contributed by atoms with Crippen LogP contribution in [0.15, 0.2) is 30.3 Å². The van der Waals surface area contributed by atoms with Gasteiger partial charge in [0.15, 0.2) is 6.10 Å². The average molecular weight is 234 g/mol. The van der Waals surface area contributed by atoms with E-state index >= 15 is 0 Å². The number of likely N-dealkylation sites (N-methyl/N-ethyl adjacent to an activating group) is 1. The molecule has 0 radical (unpaired) electrons. The molecule has 0 aliphatic carbocycles. The molecule has 1 amide bonds. The van der Waals surface area contributed by atoms with Gasteiger partial charge in [-0.3, -0.25) is 4.79 Å². The van der Waals surface area contributed by atoms with Crippen LogP contribution < -0.4 is 5.32 Å². The van der Waals surface area contributed by atoms with Gasteiger partial charge in [-0.25, -0.2) is 0 Å². The molecule has 1 unspecified atom stereocenters. The number of hydrogen-bond acceptors (Lipinski definition) is 3. The van der Waals surface area contributed by atoms with Gasteiger partial charge in [-0.05, 0) is 12.5 Å². The Kier molecular flexibility index (Phi) is 3.76. The standard InChI is InChI=1S/C13H18N2O2/c1-2-15(11-8-14-9-11)13(17)12(16)10-6-4-3-5-7-10/h3-7,11-12,14,16H,2,8-9H2,1H3. The first kappa shape index (κ1) is 12.1. The van der Waals surface area contributed by atoms with Crippen molar-refractivity contribution in [3.63, 3.8) is 0 Å². The monoisotopic (exact) mass is 234 g/mol. The van der Waals surface area contributed by atoms with Gasteiger partial charge >= 0.3 is 0 Å². The topological polar surface area (TPSA) is 52.6 Å². The molecule has 0 aromatic heterocycles. The van der Waals surface area contributed by atoms with Gasteiger partial charge < -0.3 is 15.3 Å². The maximum Gasteiger partial charge on any atom is 0.256 e. The summed E-state index contributed by atoms with van der Waals surface area (Å²) < 4.78 is 0. The maximum atomic E-state index is 12.2. The fraction of sp³-hybridized carbons (Fsp3) is 0.462. The van der Waals surface area contributed by atoms with E-state index in [0.29, 0.717) is 12.1 Å². The Bertz CT molecular complexity index is 376. The molecule has 1 saturated heterocycles. The molecular weight excluding hydrogens is 216 g/mol. The highest BCUT2D eigenvalue weighted by Crippen LogP contribution is 2.17. The van der Waals surface area contributed by atoms with Gasteiger partial charge in [0, 0.05) is 19.6 Å². The largest absolute Gasteiger partial charge is 0.378 e. The van der Waals surface area contributed by atoms with Crippen molar-refractivity contribution in [2.45, 2.75) is 19.1 Å². The molecule has 2 N–H and O–H groups in total. The second kappa shape index (κ2) is 5.29. The normalized spacial score (nSPS) is 17.3. The van der Waals surface area contributed by atoms with E-state index in [0.717, 1.165) is 13.1 Å². The van der Waals surface area contributed by atoms with Crippen molar-refractivity contribution in [2.75, 3.05) is 19.6 Å². The summed E-state index contributed by atoms with van der Waals surface area (Å²) in [6, 6.07) is 9.30. The minimum absolute atomic E-state index is 0.204. The highest BCUT2D eigenvalue weighted by Gasteiger charge is 2.31. The Labute approximate surface area is 101 Å². The molecule has 2 rings (SSSR count). The number of aliphatic hydroxyl groups excluding tert-OH is 1. The smallest absolute Gasteiger partial charge is 0.256 e. The fourth-order valence-corrected chi connectivity index (χ4v) is 2.02.